The average Bonchev–Trinajstić information content (AvgIpc) is 2.29. The summed E-state index contributed by atoms with van der Waals surface area (Å²) in [6.07, 6.45) is 6.66. The number of hydrogen-bond donors (Lipinski definition) is 1. The maximum atomic E-state index is 5.49. The molecule has 0 atom stereocenters. The number of nitrogens with zero attached hydrogens (tertiary/aromatic N) is 4. The van der Waals surface area contributed by atoms with Gasteiger partial charge in [0.1, 0.15) is 11.4 Å². The van der Waals surface area contributed by atoms with E-state index in [0.29, 0.717) is 12.2 Å². The van der Waals surface area contributed by atoms with E-state index in [2.05, 4.69) is 19.9 Å². The van der Waals surface area contributed by atoms with Crippen LogP contribution in [0.1, 0.15) is 11.4 Å². The Morgan fingerprint density at radius 3 is 2.33 bits per heavy atom. The first kappa shape index (κ1) is 9.67. The fourth-order valence-electron chi connectivity index (χ4n) is 1.21. The quantitative estimate of drug-likeness (QED) is 0.773. The highest BCUT2D eigenvalue weighted by Crippen LogP contribution is 2.11. The zero-order valence-electron chi connectivity index (χ0n) is 8.38. The van der Waals surface area contributed by atoms with Crippen molar-refractivity contribution in [2.45, 2.75) is 13.5 Å². The van der Waals surface area contributed by atoms with E-state index < -0.39 is 0 Å². The molecule has 2 rings (SSSR count). The summed E-state index contributed by atoms with van der Waals surface area (Å²) >= 11 is 0. The van der Waals surface area contributed by atoms with Crippen molar-refractivity contribution in [2.75, 3.05) is 0 Å². The lowest BCUT2D eigenvalue weighted by Gasteiger charge is -2.01. The summed E-state index contributed by atoms with van der Waals surface area (Å²) in [7, 11) is 0. The fourth-order valence-corrected chi connectivity index (χ4v) is 1.21. The molecule has 15 heavy (non-hydrogen) atoms. The Morgan fingerprint density at radius 1 is 1.00 bits per heavy atom. The van der Waals surface area contributed by atoms with E-state index in [1.165, 1.54) is 0 Å². The van der Waals surface area contributed by atoms with Gasteiger partial charge in [0.05, 0.1) is 23.8 Å². The predicted molar refractivity (Wildman–Crippen MR) is 55.7 cm³/mol. The van der Waals surface area contributed by atoms with E-state index in [0.717, 1.165) is 17.1 Å². The number of rotatable bonds is 2. The first-order valence-corrected chi connectivity index (χ1v) is 4.59. The van der Waals surface area contributed by atoms with Crippen LogP contribution in [0, 0.1) is 6.92 Å². The number of aromatic nitrogens is 4. The van der Waals surface area contributed by atoms with Crippen molar-refractivity contribution in [1.29, 1.82) is 0 Å². The lowest BCUT2D eigenvalue weighted by Crippen LogP contribution is -2.02. The molecule has 0 aliphatic carbocycles. The largest absolute Gasteiger partial charge is 0.325 e. The molecular formula is C10H11N5. The molecule has 2 N–H and O–H groups in total. The number of aryl methyl sites for hydroxylation is 1. The second kappa shape index (κ2) is 4.10. The summed E-state index contributed by atoms with van der Waals surface area (Å²) in [5.41, 5.74) is 8.51. The van der Waals surface area contributed by atoms with Crippen molar-refractivity contribution in [2.24, 2.45) is 5.73 Å². The number of nitrogens with two attached hydrogens (primary N) is 1. The van der Waals surface area contributed by atoms with E-state index in [9.17, 15) is 0 Å². The Bertz CT molecular complexity index is 469. The molecule has 76 valence electrons. The molecule has 0 unspecified atom stereocenters. The fraction of sp³-hybridized carbons (Fsp3) is 0.200. The minimum absolute atomic E-state index is 0.375. The van der Waals surface area contributed by atoms with Crippen molar-refractivity contribution in [3.05, 3.63) is 36.2 Å². The number of hydrogen-bond acceptors (Lipinski definition) is 5. The predicted octanol–water partition coefficient (Wildman–Crippen LogP) is 0.701. The molecule has 0 aliphatic heterocycles. The normalized spacial score (nSPS) is 10.3. The van der Waals surface area contributed by atoms with E-state index in [1.807, 2.05) is 6.92 Å². The molecule has 0 aliphatic rings. The molecule has 0 aromatic carbocycles. The summed E-state index contributed by atoms with van der Waals surface area (Å²) < 4.78 is 0. The second-order valence-electron chi connectivity index (χ2n) is 3.15. The molecule has 0 spiro atoms. The van der Waals surface area contributed by atoms with Gasteiger partial charge in [0.15, 0.2) is 0 Å². The van der Waals surface area contributed by atoms with Crippen LogP contribution in [0.5, 0.6) is 0 Å². The van der Waals surface area contributed by atoms with E-state index in [4.69, 9.17) is 5.73 Å². The third-order valence-electron chi connectivity index (χ3n) is 1.91. The highest BCUT2D eigenvalue weighted by atomic mass is 14.9. The molecule has 2 heterocycles. The lowest BCUT2D eigenvalue weighted by atomic mass is 10.3. The molecular weight excluding hydrogens is 190 g/mol. The third-order valence-corrected chi connectivity index (χ3v) is 1.91. The molecule has 0 bridgehead atoms. The van der Waals surface area contributed by atoms with Crippen LogP contribution < -0.4 is 5.73 Å². The highest BCUT2D eigenvalue weighted by Gasteiger charge is 2.03. The van der Waals surface area contributed by atoms with Crippen LogP contribution in [0.3, 0.4) is 0 Å². The van der Waals surface area contributed by atoms with Gasteiger partial charge in [-0.15, -0.1) is 0 Å². The first-order valence-electron chi connectivity index (χ1n) is 4.59. The summed E-state index contributed by atoms with van der Waals surface area (Å²) in [5.74, 6) is 0. The zero-order valence-corrected chi connectivity index (χ0v) is 8.38. The summed E-state index contributed by atoms with van der Waals surface area (Å²) in [4.78, 5) is 16.7. The second-order valence-corrected chi connectivity index (χ2v) is 3.15. The van der Waals surface area contributed by atoms with Gasteiger partial charge < -0.3 is 5.73 Å². The Hall–Kier alpha value is -1.88. The Labute approximate surface area is 87.4 Å². The Balaban J connectivity index is 2.44. The van der Waals surface area contributed by atoms with Gasteiger partial charge in [-0.05, 0) is 6.92 Å². The SMILES string of the molecule is Cc1cncc(-c2cncc(CN)n2)n1. The van der Waals surface area contributed by atoms with E-state index in [1.54, 1.807) is 24.8 Å². The van der Waals surface area contributed by atoms with Crippen molar-refractivity contribution in [1.82, 2.24) is 19.9 Å². The van der Waals surface area contributed by atoms with Crippen LogP contribution in [-0.4, -0.2) is 19.9 Å². The topological polar surface area (TPSA) is 77.6 Å². The van der Waals surface area contributed by atoms with Crippen LogP contribution in [0.25, 0.3) is 11.4 Å². The van der Waals surface area contributed by atoms with Gasteiger partial charge in [-0.1, -0.05) is 0 Å². The molecule has 2 aromatic heterocycles. The molecule has 2 aromatic rings. The van der Waals surface area contributed by atoms with Gasteiger partial charge in [-0.2, -0.15) is 0 Å². The van der Waals surface area contributed by atoms with Gasteiger partial charge >= 0.3 is 0 Å². The average molecular weight is 201 g/mol. The third kappa shape index (κ3) is 2.13. The minimum atomic E-state index is 0.375. The molecule has 0 fully saturated rings. The van der Waals surface area contributed by atoms with Crippen molar-refractivity contribution >= 4 is 0 Å². The summed E-state index contributed by atoms with van der Waals surface area (Å²) in [6, 6.07) is 0. The lowest BCUT2D eigenvalue weighted by molar-refractivity contribution is 0.960. The highest BCUT2D eigenvalue weighted by molar-refractivity contribution is 5.51. The first-order chi connectivity index (χ1) is 7.29. The maximum Gasteiger partial charge on any atom is 0.109 e. The van der Waals surface area contributed by atoms with Crippen molar-refractivity contribution in [3.63, 3.8) is 0 Å². The molecule has 0 saturated carbocycles. The maximum absolute atomic E-state index is 5.49. The molecule has 0 amide bonds. The van der Waals surface area contributed by atoms with Gasteiger partial charge in [0, 0.05) is 18.9 Å². The van der Waals surface area contributed by atoms with Crippen LogP contribution in [0.4, 0.5) is 0 Å². The van der Waals surface area contributed by atoms with Crippen molar-refractivity contribution in [3.8, 4) is 11.4 Å². The van der Waals surface area contributed by atoms with Crippen LogP contribution in [0.2, 0.25) is 0 Å². The Kier molecular flexibility index (Phi) is 2.64. The van der Waals surface area contributed by atoms with Crippen LogP contribution in [0.15, 0.2) is 24.8 Å². The van der Waals surface area contributed by atoms with Gasteiger partial charge in [0.2, 0.25) is 0 Å². The van der Waals surface area contributed by atoms with Crippen LogP contribution >= 0.6 is 0 Å². The molecule has 0 saturated heterocycles. The summed E-state index contributed by atoms with van der Waals surface area (Å²) in [5, 5.41) is 0. The standard InChI is InChI=1S/C10H11N5/c1-7-3-12-5-9(14-7)10-6-13-4-8(2-11)15-10/h3-6H,2,11H2,1H3. The smallest absolute Gasteiger partial charge is 0.109 e. The van der Waals surface area contributed by atoms with Gasteiger partial charge in [-0.3, -0.25) is 9.97 Å². The van der Waals surface area contributed by atoms with Gasteiger partial charge in [0.25, 0.3) is 0 Å². The molecule has 5 heteroatoms. The minimum Gasteiger partial charge on any atom is -0.325 e. The summed E-state index contributed by atoms with van der Waals surface area (Å²) in [6.45, 7) is 2.26. The van der Waals surface area contributed by atoms with Gasteiger partial charge in [-0.25, -0.2) is 9.97 Å². The molecule has 5 nitrogen and oxygen atoms in total. The zero-order chi connectivity index (χ0) is 10.7. The monoisotopic (exact) mass is 201 g/mol. The Morgan fingerprint density at radius 2 is 1.67 bits per heavy atom. The van der Waals surface area contributed by atoms with E-state index >= 15 is 0 Å². The molecule has 0 radical (unpaired) electrons. The van der Waals surface area contributed by atoms with Crippen molar-refractivity contribution < 1.29 is 0 Å². The van der Waals surface area contributed by atoms with Crippen LogP contribution in [-0.2, 0) is 6.54 Å². The van der Waals surface area contributed by atoms with E-state index in [-0.39, 0.29) is 0 Å².